The third kappa shape index (κ3) is 4.03. The first-order chi connectivity index (χ1) is 14.7. The zero-order chi connectivity index (χ0) is 20.9. The molecular weight excluding hydrogens is 378 g/mol. The number of benzene rings is 2. The first kappa shape index (κ1) is 20.0. The molecule has 0 N–H and O–H groups in total. The lowest BCUT2D eigenvalue weighted by molar-refractivity contribution is 0.0756. The van der Waals surface area contributed by atoms with Gasteiger partial charge in [-0.2, -0.15) is 5.10 Å². The van der Waals surface area contributed by atoms with Crippen LogP contribution >= 0.6 is 0 Å². The number of ether oxygens (including phenoxy) is 2. The molecule has 2 aromatic carbocycles. The van der Waals surface area contributed by atoms with Crippen LogP contribution in [0.5, 0.6) is 11.5 Å². The minimum Gasteiger partial charge on any atom is -0.493 e. The topological polar surface area (TPSA) is 56.6 Å². The molecule has 0 spiro atoms. The number of carbonyl (C=O) groups is 1. The molecule has 1 aliphatic heterocycles. The number of amides is 1. The average molecular weight is 405 g/mol. The van der Waals surface area contributed by atoms with Crippen molar-refractivity contribution in [1.29, 1.82) is 0 Å². The fraction of sp³-hybridized carbons (Fsp3) is 0.333. The van der Waals surface area contributed by atoms with Gasteiger partial charge in [0.15, 0.2) is 17.2 Å². The maximum absolute atomic E-state index is 13.5. The van der Waals surface area contributed by atoms with Crippen LogP contribution < -0.4 is 9.47 Å². The van der Waals surface area contributed by atoms with Crippen molar-refractivity contribution in [2.45, 2.75) is 25.7 Å². The molecule has 1 aliphatic rings. The lowest BCUT2D eigenvalue weighted by Crippen LogP contribution is -2.32. The molecule has 3 aromatic rings. The maximum atomic E-state index is 13.5. The number of aromatic nitrogens is 2. The minimum atomic E-state index is -0.0173. The predicted molar refractivity (Wildman–Crippen MR) is 116 cm³/mol. The Labute approximate surface area is 177 Å². The van der Waals surface area contributed by atoms with E-state index in [4.69, 9.17) is 14.6 Å². The molecule has 2 heterocycles. The largest absolute Gasteiger partial charge is 0.493 e. The van der Waals surface area contributed by atoms with Gasteiger partial charge in [0.2, 0.25) is 0 Å². The molecule has 1 fully saturated rings. The van der Waals surface area contributed by atoms with E-state index >= 15 is 0 Å². The summed E-state index contributed by atoms with van der Waals surface area (Å²) < 4.78 is 12.6. The van der Waals surface area contributed by atoms with Crippen LogP contribution in [0.4, 0.5) is 0 Å². The van der Waals surface area contributed by atoms with Crippen LogP contribution in [0.1, 0.15) is 36.2 Å². The molecule has 30 heavy (non-hydrogen) atoms. The van der Waals surface area contributed by atoms with E-state index in [0.29, 0.717) is 17.2 Å². The van der Waals surface area contributed by atoms with E-state index in [1.165, 1.54) is 12.8 Å². The van der Waals surface area contributed by atoms with E-state index in [2.05, 4.69) is 0 Å². The number of likely N-dealkylation sites (tertiary alicyclic amines) is 1. The normalized spacial score (nSPS) is 14.3. The van der Waals surface area contributed by atoms with Gasteiger partial charge in [-0.3, -0.25) is 4.79 Å². The number of hydrogen-bond donors (Lipinski definition) is 0. The maximum Gasteiger partial charge on any atom is 0.275 e. The highest BCUT2D eigenvalue weighted by molar-refractivity contribution is 5.99. The molecule has 0 unspecified atom stereocenters. The Morgan fingerprint density at radius 3 is 2.27 bits per heavy atom. The number of rotatable bonds is 5. The highest BCUT2D eigenvalue weighted by Gasteiger charge is 2.25. The molecule has 6 nitrogen and oxygen atoms in total. The summed E-state index contributed by atoms with van der Waals surface area (Å²) in [6.07, 6.45) is 6.34. The minimum absolute atomic E-state index is 0.0173. The van der Waals surface area contributed by atoms with Crippen LogP contribution in [0.15, 0.2) is 54.7 Å². The standard InChI is InChI=1S/C24H27N3O3/c1-29-21-13-12-18(16-22(21)30-2)20-17-27(19-10-6-5-7-11-19)25-23(20)24(28)26-14-8-3-4-9-15-26/h5-7,10-13,16-17H,3-4,8-9,14-15H2,1-2H3. The summed E-state index contributed by atoms with van der Waals surface area (Å²) in [5, 5.41) is 4.71. The Bertz CT molecular complexity index is 1010. The van der Waals surface area contributed by atoms with Crippen molar-refractivity contribution < 1.29 is 14.3 Å². The Kier molecular flexibility index (Phi) is 6.02. The number of carbonyl (C=O) groups excluding carboxylic acids is 1. The van der Waals surface area contributed by atoms with Gasteiger partial charge in [-0.05, 0) is 42.7 Å². The second kappa shape index (κ2) is 9.03. The molecule has 0 radical (unpaired) electrons. The van der Waals surface area contributed by atoms with Gasteiger partial charge < -0.3 is 14.4 Å². The number of nitrogens with zero attached hydrogens (tertiary/aromatic N) is 3. The fourth-order valence-corrected chi connectivity index (χ4v) is 3.88. The van der Waals surface area contributed by atoms with Gasteiger partial charge in [0.05, 0.1) is 19.9 Å². The molecular formula is C24H27N3O3. The number of hydrogen-bond acceptors (Lipinski definition) is 4. The first-order valence-corrected chi connectivity index (χ1v) is 10.4. The summed E-state index contributed by atoms with van der Waals surface area (Å²) in [5.41, 5.74) is 3.03. The average Bonchev–Trinajstić information content (AvgIpc) is 3.06. The summed E-state index contributed by atoms with van der Waals surface area (Å²) >= 11 is 0. The Morgan fingerprint density at radius 2 is 1.60 bits per heavy atom. The van der Waals surface area contributed by atoms with Gasteiger partial charge in [-0.25, -0.2) is 4.68 Å². The number of methoxy groups -OCH3 is 2. The van der Waals surface area contributed by atoms with Crippen LogP contribution in [0.3, 0.4) is 0 Å². The smallest absolute Gasteiger partial charge is 0.275 e. The van der Waals surface area contributed by atoms with Crippen molar-refractivity contribution in [3.05, 3.63) is 60.4 Å². The van der Waals surface area contributed by atoms with E-state index in [-0.39, 0.29) is 5.91 Å². The highest BCUT2D eigenvalue weighted by Crippen LogP contribution is 2.34. The zero-order valence-electron chi connectivity index (χ0n) is 17.5. The third-order valence-corrected chi connectivity index (χ3v) is 5.53. The molecule has 1 saturated heterocycles. The van der Waals surface area contributed by atoms with Gasteiger partial charge in [0.1, 0.15) is 0 Å². The molecule has 0 aliphatic carbocycles. The molecule has 6 heteroatoms. The summed E-state index contributed by atoms with van der Waals surface area (Å²) in [7, 11) is 3.22. The zero-order valence-corrected chi connectivity index (χ0v) is 17.5. The van der Waals surface area contributed by atoms with Gasteiger partial charge in [-0.15, -0.1) is 0 Å². The molecule has 0 bridgehead atoms. The van der Waals surface area contributed by atoms with Crippen LogP contribution in [0.25, 0.3) is 16.8 Å². The second-order valence-electron chi connectivity index (χ2n) is 7.45. The van der Waals surface area contributed by atoms with E-state index in [9.17, 15) is 4.79 Å². The summed E-state index contributed by atoms with van der Waals surface area (Å²) in [5.74, 6) is 1.25. The molecule has 4 rings (SSSR count). The van der Waals surface area contributed by atoms with E-state index in [1.54, 1.807) is 18.9 Å². The summed E-state index contributed by atoms with van der Waals surface area (Å²) in [6.45, 7) is 1.56. The van der Waals surface area contributed by atoms with Crippen LogP contribution in [-0.2, 0) is 0 Å². The Hall–Kier alpha value is -3.28. The molecule has 0 saturated carbocycles. The Balaban J connectivity index is 1.80. The van der Waals surface area contributed by atoms with E-state index in [1.807, 2.05) is 59.6 Å². The summed E-state index contributed by atoms with van der Waals surface area (Å²) in [6, 6.07) is 15.5. The van der Waals surface area contributed by atoms with Crippen LogP contribution in [-0.4, -0.2) is 47.9 Å². The van der Waals surface area contributed by atoms with Crippen molar-refractivity contribution >= 4 is 5.91 Å². The van der Waals surface area contributed by atoms with Gasteiger partial charge in [-0.1, -0.05) is 37.1 Å². The van der Waals surface area contributed by atoms with Crippen molar-refractivity contribution in [3.63, 3.8) is 0 Å². The van der Waals surface area contributed by atoms with Gasteiger partial charge >= 0.3 is 0 Å². The van der Waals surface area contributed by atoms with Gasteiger partial charge in [0, 0.05) is 24.8 Å². The molecule has 156 valence electrons. The lowest BCUT2D eigenvalue weighted by Gasteiger charge is -2.19. The van der Waals surface area contributed by atoms with Crippen molar-refractivity contribution in [2.24, 2.45) is 0 Å². The first-order valence-electron chi connectivity index (χ1n) is 10.4. The monoisotopic (exact) mass is 405 g/mol. The van der Waals surface area contributed by atoms with Crippen molar-refractivity contribution in [1.82, 2.24) is 14.7 Å². The SMILES string of the molecule is COc1ccc(-c2cn(-c3ccccc3)nc2C(=O)N2CCCCCC2)cc1OC. The third-order valence-electron chi connectivity index (χ3n) is 5.53. The van der Waals surface area contributed by atoms with E-state index in [0.717, 1.165) is 42.7 Å². The van der Waals surface area contributed by atoms with Crippen LogP contribution in [0.2, 0.25) is 0 Å². The highest BCUT2D eigenvalue weighted by atomic mass is 16.5. The van der Waals surface area contributed by atoms with Gasteiger partial charge in [0.25, 0.3) is 5.91 Å². The molecule has 1 aromatic heterocycles. The summed E-state index contributed by atoms with van der Waals surface area (Å²) in [4.78, 5) is 15.4. The van der Waals surface area contributed by atoms with Crippen molar-refractivity contribution in [2.75, 3.05) is 27.3 Å². The lowest BCUT2D eigenvalue weighted by atomic mass is 10.0. The van der Waals surface area contributed by atoms with E-state index < -0.39 is 0 Å². The quantitative estimate of drug-likeness (QED) is 0.624. The molecule has 0 atom stereocenters. The number of para-hydroxylation sites is 1. The van der Waals surface area contributed by atoms with Crippen LogP contribution in [0, 0.1) is 0 Å². The molecule has 1 amide bonds. The second-order valence-corrected chi connectivity index (χ2v) is 7.45. The predicted octanol–water partition coefficient (Wildman–Crippen LogP) is 4.57. The fourth-order valence-electron chi connectivity index (χ4n) is 3.88. The Morgan fingerprint density at radius 1 is 0.900 bits per heavy atom. The van der Waals surface area contributed by atoms with Crippen molar-refractivity contribution in [3.8, 4) is 28.3 Å².